The number of amides is 2. The van der Waals surface area contributed by atoms with Gasteiger partial charge in [-0.2, -0.15) is 0 Å². The van der Waals surface area contributed by atoms with E-state index in [0.29, 0.717) is 5.69 Å². The lowest BCUT2D eigenvalue weighted by molar-refractivity contribution is -0.122. The number of imide groups is 1. The Morgan fingerprint density at radius 2 is 1.23 bits per heavy atom. The second-order valence-electron chi connectivity index (χ2n) is 11.0. The van der Waals surface area contributed by atoms with Gasteiger partial charge in [0.25, 0.3) is 0 Å². The van der Waals surface area contributed by atoms with Crippen molar-refractivity contribution in [3.8, 4) is 0 Å². The van der Waals surface area contributed by atoms with Crippen molar-refractivity contribution in [2.24, 2.45) is 23.7 Å². The minimum atomic E-state index is -0.541. The van der Waals surface area contributed by atoms with Gasteiger partial charge in [0.2, 0.25) is 11.8 Å². The number of allylic oxidation sites excluding steroid dienone is 3. The van der Waals surface area contributed by atoms with Crippen LogP contribution >= 0.6 is 0 Å². The van der Waals surface area contributed by atoms with Crippen LogP contribution in [0.25, 0.3) is 5.57 Å². The number of benzene rings is 3. The molecule has 39 heavy (non-hydrogen) atoms. The lowest BCUT2D eigenvalue weighted by atomic mass is 9.85. The number of hydrogen-bond donors (Lipinski definition) is 0. The van der Waals surface area contributed by atoms with Crippen molar-refractivity contribution in [1.29, 1.82) is 0 Å². The van der Waals surface area contributed by atoms with Gasteiger partial charge in [0.15, 0.2) is 0 Å². The molecule has 0 N–H and O–H groups in total. The fourth-order valence-corrected chi connectivity index (χ4v) is 6.39. The normalized spacial score (nSPS) is 23.1. The summed E-state index contributed by atoms with van der Waals surface area (Å²) in [7, 11) is 0. The van der Waals surface area contributed by atoms with Crippen LogP contribution in [0.1, 0.15) is 46.5 Å². The Hall–Kier alpha value is -4.25. The molecule has 3 aliphatic rings. The van der Waals surface area contributed by atoms with Crippen LogP contribution in [0.4, 0.5) is 5.69 Å². The number of esters is 1. The van der Waals surface area contributed by atoms with E-state index in [4.69, 9.17) is 4.74 Å². The highest BCUT2D eigenvalue weighted by atomic mass is 16.5. The SMILES string of the molecule is Cc1ccc(C(=C2[C@H]3C=C[C@H]2[C@@H]2C(=O)N(c4ccccc4C(=O)OC(C)C)C(=O)[C@H]23)c2ccc(C)cc2)cc1. The number of anilines is 1. The van der Waals surface area contributed by atoms with E-state index < -0.39 is 17.8 Å². The molecule has 6 rings (SSSR count). The van der Waals surface area contributed by atoms with Gasteiger partial charge in [0.1, 0.15) is 0 Å². The first-order valence-electron chi connectivity index (χ1n) is 13.5. The predicted molar refractivity (Wildman–Crippen MR) is 151 cm³/mol. The molecule has 0 radical (unpaired) electrons. The molecule has 1 saturated heterocycles. The molecule has 196 valence electrons. The molecule has 0 unspecified atom stereocenters. The van der Waals surface area contributed by atoms with E-state index in [9.17, 15) is 14.4 Å². The summed E-state index contributed by atoms with van der Waals surface area (Å²) in [6.45, 7) is 7.67. The van der Waals surface area contributed by atoms with Crippen LogP contribution < -0.4 is 4.90 Å². The number of carbonyl (C=O) groups is 3. The van der Waals surface area contributed by atoms with Gasteiger partial charge in [-0.25, -0.2) is 9.69 Å². The van der Waals surface area contributed by atoms with Crippen LogP contribution in [0.2, 0.25) is 0 Å². The van der Waals surface area contributed by atoms with Gasteiger partial charge >= 0.3 is 5.97 Å². The van der Waals surface area contributed by atoms with Crippen molar-refractivity contribution in [3.05, 3.63) is 118 Å². The number of rotatable bonds is 5. The smallest absolute Gasteiger partial charge is 0.340 e. The quantitative estimate of drug-likeness (QED) is 0.227. The van der Waals surface area contributed by atoms with Crippen LogP contribution in [0.15, 0.2) is 90.5 Å². The maximum Gasteiger partial charge on any atom is 0.340 e. The third-order valence-corrected chi connectivity index (χ3v) is 8.09. The van der Waals surface area contributed by atoms with E-state index in [0.717, 1.165) is 22.3 Å². The summed E-state index contributed by atoms with van der Waals surface area (Å²) >= 11 is 0. The standard InChI is InChI=1S/C34H31NO4/c1-19(2)39-34(38)24-7-5-6-8-27(24)35-32(36)30-25-17-18-26(31(30)33(35)37)29(25)28(22-13-9-20(3)10-14-22)23-15-11-21(4)12-16-23/h5-19,25-26,30-31H,1-4H3/t25-,26-,30+,31+/m1/s1. The largest absolute Gasteiger partial charge is 0.459 e. The van der Waals surface area contributed by atoms with E-state index in [1.165, 1.54) is 16.0 Å². The fraction of sp³-hybridized carbons (Fsp3) is 0.265. The van der Waals surface area contributed by atoms with Gasteiger partial charge < -0.3 is 4.74 Å². The average Bonchev–Trinajstić information content (AvgIpc) is 3.55. The third kappa shape index (κ3) is 4.04. The van der Waals surface area contributed by atoms with E-state index >= 15 is 0 Å². The summed E-state index contributed by atoms with van der Waals surface area (Å²) < 4.78 is 5.41. The van der Waals surface area contributed by atoms with Gasteiger partial charge in [-0.3, -0.25) is 9.59 Å². The van der Waals surface area contributed by atoms with Crippen LogP contribution in [-0.2, 0) is 14.3 Å². The summed E-state index contributed by atoms with van der Waals surface area (Å²) in [5, 5.41) is 0. The van der Waals surface area contributed by atoms with Crippen molar-refractivity contribution in [2.45, 2.75) is 33.8 Å². The molecule has 2 fully saturated rings. The van der Waals surface area contributed by atoms with Gasteiger partial charge in [-0.15, -0.1) is 0 Å². The molecule has 5 nitrogen and oxygen atoms in total. The maximum atomic E-state index is 14.0. The van der Waals surface area contributed by atoms with Gasteiger partial charge in [-0.1, -0.05) is 83.9 Å². The monoisotopic (exact) mass is 517 g/mol. The summed E-state index contributed by atoms with van der Waals surface area (Å²) in [6.07, 6.45) is 3.87. The highest BCUT2D eigenvalue weighted by molar-refractivity contribution is 6.25. The number of ether oxygens (including phenoxy) is 1. The molecule has 1 heterocycles. The van der Waals surface area contributed by atoms with Crippen molar-refractivity contribution in [1.82, 2.24) is 0 Å². The van der Waals surface area contributed by atoms with E-state index in [1.54, 1.807) is 38.1 Å². The number of para-hydroxylation sites is 1. The lowest BCUT2D eigenvalue weighted by Gasteiger charge is -2.23. The molecule has 1 saturated carbocycles. The van der Waals surface area contributed by atoms with Crippen molar-refractivity contribution >= 4 is 29.0 Å². The zero-order valence-corrected chi connectivity index (χ0v) is 22.5. The first-order chi connectivity index (χ1) is 18.8. The van der Waals surface area contributed by atoms with Crippen LogP contribution in [0.5, 0.6) is 0 Å². The zero-order valence-electron chi connectivity index (χ0n) is 22.5. The van der Waals surface area contributed by atoms with E-state index in [2.05, 4.69) is 74.5 Å². The minimum Gasteiger partial charge on any atom is -0.459 e. The fourth-order valence-electron chi connectivity index (χ4n) is 6.39. The van der Waals surface area contributed by atoms with Crippen molar-refractivity contribution in [3.63, 3.8) is 0 Å². The van der Waals surface area contributed by atoms with Crippen LogP contribution in [0, 0.1) is 37.5 Å². The second kappa shape index (κ2) is 9.49. The highest BCUT2D eigenvalue weighted by Gasteiger charge is 2.62. The Balaban J connectivity index is 1.44. The molecule has 2 amide bonds. The molecule has 3 aromatic rings. The predicted octanol–water partition coefficient (Wildman–Crippen LogP) is 6.29. The first kappa shape index (κ1) is 25.1. The summed E-state index contributed by atoms with van der Waals surface area (Å²) in [5.74, 6) is -2.42. The molecule has 4 atom stereocenters. The number of nitrogens with zero attached hydrogens (tertiary/aromatic N) is 1. The van der Waals surface area contributed by atoms with Gasteiger partial charge in [-0.05, 0) is 62.1 Å². The Labute approximate surface area is 228 Å². The number of fused-ring (bicyclic) bond motifs is 5. The Bertz CT molecular complexity index is 1460. The van der Waals surface area contributed by atoms with E-state index in [-0.39, 0.29) is 35.3 Å². The molecule has 0 aromatic heterocycles. The molecular formula is C34H31NO4. The molecule has 2 bridgehead atoms. The summed E-state index contributed by atoms with van der Waals surface area (Å²) in [6, 6.07) is 23.6. The van der Waals surface area contributed by atoms with Crippen LogP contribution in [0.3, 0.4) is 0 Å². The topological polar surface area (TPSA) is 63.7 Å². The zero-order chi connectivity index (χ0) is 27.4. The molecule has 5 heteroatoms. The van der Waals surface area contributed by atoms with Crippen molar-refractivity contribution in [2.75, 3.05) is 4.90 Å². The highest BCUT2D eigenvalue weighted by Crippen LogP contribution is 2.59. The second-order valence-corrected chi connectivity index (χ2v) is 11.0. The molecule has 3 aromatic carbocycles. The maximum absolute atomic E-state index is 14.0. The van der Waals surface area contributed by atoms with Gasteiger partial charge in [0.05, 0.1) is 29.2 Å². The minimum absolute atomic E-state index is 0.186. The average molecular weight is 518 g/mol. The molecular weight excluding hydrogens is 486 g/mol. The molecule has 2 aliphatic carbocycles. The third-order valence-electron chi connectivity index (χ3n) is 8.09. The summed E-state index contributed by atoms with van der Waals surface area (Å²) in [4.78, 5) is 42.1. The first-order valence-corrected chi connectivity index (χ1v) is 13.5. The number of hydrogen-bond acceptors (Lipinski definition) is 4. The lowest BCUT2D eigenvalue weighted by Crippen LogP contribution is -2.34. The van der Waals surface area contributed by atoms with E-state index in [1.807, 2.05) is 0 Å². The Kier molecular flexibility index (Phi) is 6.10. The van der Waals surface area contributed by atoms with Gasteiger partial charge in [0, 0.05) is 11.8 Å². The number of aryl methyl sites for hydroxylation is 2. The Morgan fingerprint density at radius 1 is 0.744 bits per heavy atom. The summed E-state index contributed by atoms with van der Waals surface area (Å²) in [5.41, 5.74) is 7.26. The number of carbonyl (C=O) groups excluding carboxylic acids is 3. The van der Waals surface area contributed by atoms with Crippen molar-refractivity contribution < 1.29 is 19.1 Å². The Morgan fingerprint density at radius 3 is 1.72 bits per heavy atom. The molecule has 0 spiro atoms. The van der Waals surface area contributed by atoms with Crippen LogP contribution in [-0.4, -0.2) is 23.9 Å². The molecule has 1 aliphatic heterocycles.